The van der Waals surface area contributed by atoms with E-state index in [9.17, 15) is 14.7 Å². The van der Waals surface area contributed by atoms with Crippen LogP contribution in [0.15, 0.2) is 22.7 Å². The number of esters is 1. The van der Waals surface area contributed by atoms with Gasteiger partial charge in [0.1, 0.15) is 0 Å². The van der Waals surface area contributed by atoms with Crippen molar-refractivity contribution in [2.45, 2.75) is 32.2 Å². The summed E-state index contributed by atoms with van der Waals surface area (Å²) in [5, 5.41) is 9.76. The minimum Gasteiger partial charge on any atom is -0.503 e. The number of phenolic OH excluding ortho intramolecular Hbond substituents is 1. The molecule has 1 aliphatic heterocycles. The number of halogens is 1. The van der Waals surface area contributed by atoms with Crippen LogP contribution >= 0.6 is 15.9 Å². The van der Waals surface area contributed by atoms with Gasteiger partial charge in [-0.15, -0.1) is 0 Å². The number of benzene rings is 1. The van der Waals surface area contributed by atoms with Crippen molar-refractivity contribution in [2.75, 3.05) is 20.3 Å². The van der Waals surface area contributed by atoms with Gasteiger partial charge in [0.2, 0.25) is 0 Å². The van der Waals surface area contributed by atoms with E-state index in [1.165, 1.54) is 19.3 Å². The molecule has 7 heteroatoms. The Kier molecular flexibility index (Phi) is 6.87. The molecule has 1 aliphatic rings. The molecule has 1 saturated heterocycles. The quantitative estimate of drug-likeness (QED) is 0.594. The number of nitrogens with zero attached hydrogens (tertiary/aromatic N) is 1. The molecular weight excluding hydrogens is 390 g/mol. The van der Waals surface area contributed by atoms with Crippen LogP contribution in [-0.4, -0.2) is 48.2 Å². The van der Waals surface area contributed by atoms with Gasteiger partial charge in [-0.3, -0.25) is 4.79 Å². The van der Waals surface area contributed by atoms with Gasteiger partial charge in [0.15, 0.2) is 18.1 Å². The van der Waals surface area contributed by atoms with Crippen molar-refractivity contribution in [3.8, 4) is 11.5 Å². The Morgan fingerprint density at radius 1 is 1.40 bits per heavy atom. The van der Waals surface area contributed by atoms with Gasteiger partial charge in [-0.25, -0.2) is 4.79 Å². The van der Waals surface area contributed by atoms with Crippen LogP contribution in [0, 0.1) is 0 Å². The lowest BCUT2D eigenvalue weighted by Crippen LogP contribution is -2.44. The third kappa shape index (κ3) is 5.22. The zero-order chi connectivity index (χ0) is 18.4. The minimum absolute atomic E-state index is 0.0107. The van der Waals surface area contributed by atoms with Crippen LogP contribution in [0.5, 0.6) is 11.5 Å². The number of rotatable bonds is 5. The molecule has 0 spiro atoms. The van der Waals surface area contributed by atoms with Gasteiger partial charge in [-0.2, -0.15) is 0 Å². The molecule has 25 heavy (non-hydrogen) atoms. The van der Waals surface area contributed by atoms with Crippen molar-refractivity contribution in [3.05, 3.63) is 28.2 Å². The molecule has 1 aromatic rings. The number of methoxy groups -OCH3 is 1. The molecule has 136 valence electrons. The predicted octanol–water partition coefficient (Wildman–Crippen LogP) is 3.12. The molecule has 1 amide bonds. The Bertz CT molecular complexity index is 674. The number of hydrogen-bond donors (Lipinski definition) is 1. The standard InChI is InChI=1S/C18H22BrNO5/c1-12-5-3-4-8-20(12)16(21)11-25-17(22)7-6-13-9-14(19)18(23)15(10-13)24-2/h6-7,9-10,12,23H,3-5,8,11H2,1-2H3/b7-6+/t12-/m1/s1. The number of carbonyl (C=O) groups is 2. The molecule has 1 atom stereocenters. The first kappa shape index (κ1) is 19.3. The first-order chi connectivity index (χ1) is 11.9. The highest BCUT2D eigenvalue weighted by atomic mass is 79.9. The highest BCUT2D eigenvalue weighted by Gasteiger charge is 2.23. The Hall–Kier alpha value is -2.02. The highest BCUT2D eigenvalue weighted by molar-refractivity contribution is 9.10. The Labute approximate surface area is 155 Å². The molecule has 0 radical (unpaired) electrons. The van der Waals surface area contributed by atoms with E-state index in [0.717, 1.165) is 19.3 Å². The van der Waals surface area contributed by atoms with Crippen molar-refractivity contribution in [3.63, 3.8) is 0 Å². The fourth-order valence-corrected chi connectivity index (χ4v) is 3.20. The van der Waals surface area contributed by atoms with Crippen molar-refractivity contribution < 1.29 is 24.2 Å². The predicted molar refractivity (Wildman–Crippen MR) is 97.4 cm³/mol. The summed E-state index contributed by atoms with van der Waals surface area (Å²) in [4.78, 5) is 25.7. The molecule has 2 rings (SSSR count). The van der Waals surface area contributed by atoms with Crippen LogP contribution in [0.25, 0.3) is 6.08 Å². The molecule has 1 heterocycles. The molecule has 0 aromatic heterocycles. The molecule has 6 nitrogen and oxygen atoms in total. The summed E-state index contributed by atoms with van der Waals surface area (Å²) in [5.41, 5.74) is 0.648. The monoisotopic (exact) mass is 411 g/mol. The number of likely N-dealkylation sites (tertiary alicyclic amines) is 1. The van der Waals surface area contributed by atoms with Gasteiger partial charge in [-0.1, -0.05) is 0 Å². The van der Waals surface area contributed by atoms with E-state index in [1.807, 2.05) is 6.92 Å². The van der Waals surface area contributed by atoms with Crippen molar-refractivity contribution >= 4 is 33.9 Å². The van der Waals surface area contributed by atoms with Crippen LogP contribution in [0.4, 0.5) is 0 Å². The van der Waals surface area contributed by atoms with E-state index in [4.69, 9.17) is 9.47 Å². The maximum absolute atomic E-state index is 12.1. The zero-order valence-corrected chi connectivity index (χ0v) is 15.9. The normalized spacial score (nSPS) is 17.6. The number of phenols is 1. The third-order valence-electron chi connectivity index (χ3n) is 4.14. The van der Waals surface area contributed by atoms with Crippen LogP contribution in [0.2, 0.25) is 0 Å². The first-order valence-electron chi connectivity index (χ1n) is 8.13. The van der Waals surface area contributed by atoms with E-state index in [1.54, 1.807) is 17.0 Å². The highest BCUT2D eigenvalue weighted by Crippen LogP contribution is 2.35. The van der Waals surface area contributed by atoms with Crippen molar-refractivity contribution in [1.29, 1.82) is 0 Å². The fourth-order valence-electron chi connectivity index (χ4n) is 2.74. The fraction of sp³-hybridized carbons (Fsp3) is 0.444. The largest absolute Gasteiger partial charge is 0.503 e. The van der Waals surface area contributed by atoms with Gasteiger partial charge in [0.25, 0.3) is 5.91 Å². The Morgan fingerprint density at radius 2 is 2.16 bits per heavy atom. The maximum Gasteiger partial charge on any atom is 0.331 e. The number of piperidine rings is 1. The molecule has 1 fully saturated rings. The second-order valence-corrected chi connectivity index (χ2v) is 6.78. The smallest absolute Gasteiger partial charge is 0.331 e. The van der Waals surface area contributed by atoms with E-state index in [0.29, 0.717) is 16.6 Å². The molecular formula is C18H22BrNO5. The lowest BCUT2D eigenvalue weighted by molar-refractivity contribution is -0.149. The van der Waals surface area contributed by atoms with Crippen LogP contribution < -0.4 is 4.74 Å². The van der Waals surface area contributed by atoms with Gasteiger partial charge in [0.05, 0.1) is 11.6 Å². The molecule has 0 aliphatic carbocycles. The van der Waals surface area contributed by atoms with Crippen LogP contribution in [0.1, 0.15) is 31.7 Å². The minimum atomic E-state index is -0.596. The summed E-state index contributed by atoms with van der Waals surface area (Å²) < 4.78 is 10.5. The van der Waals surface area contributed by atoms with Gasteiger partial charge in [0, 0.05) is 18.7 Å². The van der Waals surface area contributed by atoms with Crippen LogP contribution in [-0.2, 0) is 14.3 Å². The topological polar surface area (TPSA) is 76.1 Å². The summed E-state index contributed by atoms with van der Waals surface area (Å²) in [6.45, 7) is 2.47. The van der Waals surface area contributed by atoms with Crippen molar-refractivity contribution in [2.24, 2.45) is 0 Å². The lowest BCUT2D eigenvalue weighted by atomic mass is 10.0. The average Bonchev–Trinajstić information content (AvgIpc) is 2.60. The summed E-state index contributed by atoms with van der Waals surface area (Å²) in [6, 6.07) is 3.42. The van der Waals surface area contributed by atoms with Gasteiger partial charge < -0.3 is 19.5 Å². The number of hydrogen-bond acceptors (Lipinski definition) is 5. The molecule has 0 unspecified atom stereocenters. The van der Waals surface area contributed by atoms with Crippen LogP contribution in [0.3, 0.4) is 0 Å². The van der Waals surface area contributed by atoms with Crippen molar-refractivity contribution in [1.82, 2.24) is 4.90 Å². The molecule has 0 bridgehead atoms. The second kappa shape index (κ2) is 8.89. The average molecular weight is 412 g/mol. The summed E-state index contributed by atoms with van der Waals surface area (Å²) in [5.74, 6) is -0.482. The van der Waals surface area contributed by atoms with E-state index >= 15 is 0 Å². The number of ether oxygens (including phenoxy) is 2. The van der Waals surface area contributed by atoms with Gasteiger partial charge >= 0.3 is 5.97 Å². The molecule has 0 saturated carbocycles. The summed E-state index contributed by atoms with van der Waals surface area (Å²) >= 11 is 3.21. The lowest BCUT2D eigenvalue weighted by Gasteiger charge is -2.33. The van der Waals surface area contributed by atoms with E-state index in [2.05, 4.69) is 15.9 Å². The van der Waals surface area contributed by atoms with E-state index in [-0.39, 0.29) is 30.1 Å². The summed E-state index contributed by atoms with van der Waals surface area (Å²) in [6.07, 6.45) is 5.87. The zero-order valence-electron chi connectivity index (χ0n) is 14.3. The Balaban J connectivity index is 1.90. The Morgan fingerprint density at radius 3 is 2.84 bits per heavy atom. The first-order valence-corrected chi connectivity index (χ1v) is 8.92. The summed E-state index contributed by atoms with van der Waals surface area (Å²) in [7, 11) is 1.44. The molecule has 1 aromatic carbocycles. The maximum atomic E-state index is 12.1. The van der Waals surface area contributed by atoms with Gasteiger partial charge in [-0.05, 0) is 65.9 Å². The second-order valence-electron chi connectivity index (χ2n) is 5.93. The number of carbonyl (C=O) groups excluding carboxylic acids is 2. The number of aromatic hydroxyl groups is 1. The number of amides is 1. The van der Waals surface area contributed by atoms with E-state index < -0.39 is 5.97 Å². The SMILES string of the molecule is COc1cc(/C=C/C(=O)OCC(=O)N2CCCC[C@H]2C)cc(Br)c1O. The molecule has 1 N–H and O–H groups in total. The third-order valence-corrected chi connectivity index (χ3v) is 4.75.